The number of carbonyl (C=O) groups excluding carboxylic acids is 2. The maximum Gasteiger partial charge on any atom is 0.350 e. The van der Waals surface area contributed by atoms with Crippen molar-refractivity contribution in [1.82, 2.24) is 0 Å². The van der Waals surface area contributed by atoms with E-state index in [1.165, 1.54) is 0 Å². The number of hydrogen-bond donors (Lipinski definition) is 0. The van der Waals surface area contributed by atoms with Gasteiger partial charge in [-0.1, -0.05) is 0 Å². The average Bonchev–Trinajstić information content (AvgIpc) is 3.26. The molecule has 0 heterocycles. The van der Waals surface area contributed by atoms with Gasteiger partial charge in [0.2, 0.25) is 11.4 Å². The van der Waals surface area contributed by atoms with Crippen LogP contribution in [0.2, 0.25) is 0 Å². The van der Waals surface area contributed by atoms with E-state index in [1.54, 1.807) is 0 Å². The van der Waals surface area contributed by atoms with Gasteiger partial charge in [-0.15, -0.1) is 0 Å². The zero-order valence-electron chi connectivity index (χ0n) is 11.8. The van der Waals surface area contributed by atoms with Crippen LogP contribution in [0, 0.1) is 15.9 Å². The van der Waals surface area contributed by atoms with Crippen molar-refractivity contribution in [2.45, 2.75) is 18.4 Å². The molecular formula is C13H12FNO7. The van der Waals surface area contributed by atoms with Crippen molar-refractivity contribution in [3.8, 4) is 5.75 Å². The third kappa shape index (κ3) is 2.69. The van der Waals surface area contributed by atoms with Gasteiger partial charge in [-0.25, -0.2) is 14.0 Å². The van der Waals surface area contributed by atoms with Gasteiger partial charge >= 0.3 is 17.6 Å². The number of nitro benzene ring substituents is 1. The third-order valence-electron chi connectivity index (χ3n) is 3.22. The van der Waals surface area contributed by atoms with Crippen LogP contribution in [0.3, 0.4) is 0 Å². The molecule has 118 valence electrons. The first kappa shape index (κ1) is 15.7. The van der Waals surface area contributed by atoms with Crippen molar-refractivity contribution in [2.75, 3.05) is 14.2 Å². The summed E-state index contributed by atoms with van der Waals surface area (Å²) >= 11 is 0. The molecule has 0 unspecified atom stereocenters. The van der Waals surface area contributed by atoms with E-state index < -0.39 is 45.3 Å². The maximum atomic E-state index is 13.9. The summed E-state index contributed by atoms with van der Waals surface area (Å²) in [5.74, 6) is -3.24. The van der Waals surface area contributed by atoms with E-state index >= 15 is 0 Å². The Kier molecular flexibility index (Phi) is 3.98. The molecule has 0 aliphatic heterocycles. The molecule has 1 fully saturated rings. The summed E-state index contributed by atoms with van der Waals surface area (Å²) in [6.07, 6.45) is 0.606. The standard InChI is InChI=1S/C13H12FNO7/c1-20-11(16)7-5-9(15(18)19)10(6-8(7)14)22-13(3-4-13)12(17)21-2/h5-6H,3-4H2,1-2H3. The minimum atomic E-state index is -1.33. The fourth-order valence-electron chi connectivity index (χ4n) is 1.89. The lowest BCUT2D eigenvalue weighted by atomic mass is 10.1. The lowest BCUT2D eigenvalue weighted by Gasteiger charge is -2.16. The molecule has 1 saturated carbocycles. The van der Waals surface area contributed by atoms with E-state index in [-0.39, 0.29) is 0 Å². The van der Waals surface area contributed by atoms with Gasteiger partial charge in [0.05, 0.1) is 19.1 Å². The molecule has 1 aromatic rings. The fraction of sp³-hybridized carbons (Fsp3) is 0.385. The number of benzene rings is 1. The Morgan fingerprint density at radius 1 is 1.27 bits per heavy atom. The molecule has 2 rings (SSSR count). The molecule has 0 atom stereocenters. The van der Waals surface area contributed by atoms with Crippen molar-refractivity contribution < 1.29 is 33.1 Å². The quantitative estimate of drug-likeness (QED) is 0.462. The van der Waals surface area contributed by atoms with E-state index in [9.17, 15) is 24.1 Å². The van der Waals surface area contributed by atoms with E-state index in [2.05, 4.69) is 9.47 Å². The largest absolute Gasteiger partial charge is 0.468 e. The molecule has 0 amide bonds. The highest BCUT2D eigenvalue weighted by Crippen LogP contribution is 2.44. The van der Waals surface area contributed by atoms with Gasteiger partial charge < -0.3 is 14.2 Å². The van der Waals surface area contributed by atoms with Crippen LogP contribution in [-0.4, -0.2) is 36.7 Å². The molecule has 1 aliphatic carbocycles. The van der Waals surface area contributed by atoms with Crippen molar-refractivity contribution in [3.05, 3.63) is 33.6 Å². The highest BCUT2D eigenvalue weighted by Gasteiger charge is 2.55. The molecule has 0 saturated heterocycles. The minimum absolute atomic E-state index is 0.303. The number of carbonyl (C=O) groups is 2. The second kappa shape index (κ2) is 5.58. The smallest absolute Gasteiger partial charge is 0.350 e. The van der Waals surface area contributed by atoms with Crippen LogP contribution in [0.4, 0.5) is 10.1 Å². The van der Waals surface area contributed by atoms with Gasteiger partial charge in [0.15, 0.2) is 0 Å². The molecule has 8 nitrogen and oxygen atoms in total. The second-order valence-electron chi connectivity index (χ2n) is 4.64. The fourth-order valence-corrected chi connectivity index (χ4v) is 1.89. The summed E-state index contributed by atoms with van der Waals surface area (Å²) in [7, 11) is 2.18. The number of nitro groups is 1. The van der Waals surface area contributed by atoms with Gasteiger partial charge in [-0.2, -0.15) is 0 Å². The van der Waals surface area contributed by atoms with Crippen molar-refractivity contribution in [3.63, 3.8) is 0 Å². The van der Waals surface area contributed by atoms with Gasteiger partial charge in [-0.05, 0) is 0 Å². The summed E-state index contributed by atoms with van der Waals surface area (Å²) in [6, 6.07) is 1.40. The molecule has 0 bridgehead atoms. The predicted octanol–water partition coefficient (Wildman–Crippen LogP) is 1.60. The molecule has 0 N–H and O–H groups in total. The number of hydrogen-bond acceptors (Lipinski definition) is 7. The molecule has 1 aliphatic rings. The Balaban J connectivity index is 2.44. The molecule has 0 spiro atoms. The molecular weight excluding hydrogens is 301 g/mol. The third-order valence-corrected chi connectivity index (χ3v) is 3.22. The van der Waals surface area contributed by atoms with Crippen molar-refractivity contribution >= 4 is 17.6 Å². The second-order valence-corrected chi connectivity index (χ2v) is 4.64. The normalized spacial score (nSPS) is 14.9. The number of ether oxygens (including phenoxy) is 3. The van der Waals surface area contributed by atoms with Crippen LogP contribution < -0.4 is 4.74 Å². The predicted molar refractivity (Wildman–Crippen MR) is 69.0 cm³/mol. The lowest BCUT2D eigenvalue weighted by molar-refractivity contribution is -0.386. The number of rotatable bonds is 5. The number of methoxy groups -OCH3 is 2. The number of nitrogens with zero attached hydrogens (tertiary/aromatic N) is 1. The highest BCUT2D eigenvalue weighted by molar-refractivity contribution is 5.91. The minimum Gasteiger partial charge on any atom is -0.468 e. The van der Waals surface area contributed by atoms with E-state index in [0.29, 0.717) is 25.0 Å². The highest BCUT2D eigenvalue weighted by atomic mass is 19.1. The summed E-state index contributed by atoms with van der Waals surface area (Å²) in [4.78, 5) is 33.2. The first-order valence-electron chi connectivity index (χ1n) is 6.18. The average molecular weight is 313 g/mol. The summed E-state index contributed by atoms with van der Waals surface area (Å²) < 4.78 is 28.1. The van der Waals surface area contributed by atoms with Gasteiger partial charge in [0, 0.05) is 25.0 Å². The first-order valence-corrected chi connectivity index (χ1v) is 6.18. The van der Waals surface area contributed by atoms with Crippen LogP contribution in [0.15, 0.2) is 12.1 Å². The maximum absolute atomic E-state index is 13.9. The van der Waals surface area contributed by atoms with E-state index in [1.807, 2.05) is 0 Å². The Morgan fingerprint density at radius 3 is 2.36 bits per heavy atom. The van der Waals surface area contributed by atoms with Gasteiger partial charge in [-0.3, -0.25) is 10.1 Å². The molecule has 0 aromatic heterocycles. The summed E-state index contributed by atoms with van der Waals surface area (Å²) in [5, 5.41) is 11.1. The molecule has 0 radical (unpaired) electrons. The van der Waals surface area contributed by atoms with E-state index in [0.717, 1.165) is 14.2 Å². The summed E-state index contributed by atoms with van der Waals surface area (Å²) in [5.41, 5.74) is -2.57. The topological polar surface area (TPSA) is 105 Å². The lowest BCUT2D eigenvalue weighted by Crippen LogP contribution is -2.31. The number of esters is 2. The van der Waals surface area contributed by atoms with Crippen LogP contribution in [0.1, 0.15) is 23.2 Å². The van der Waals surface area contributed by atoms with Crippen molar-refractivity contribution in [1.29, 1.82) is 0 Å². The zero-order chi connectivity index (χ0) is 16.5. The summed E-state index contributed by atoms with van der Waals surface area (Å²) in [6.45, 7) is 0. The monoisotopic (exact) mass is 313 g/mol. The van der Waals surface area contributed by atoms with Gasteiger partial charge in [0.1, 0.15) is 11.4 Å². The Labute approximate surface area is 123 Å². The van der Waals surface area contributed by atoms with Gasteiger partial charge in [0.25, 0.3) is 0 Å². The van der Waals surface area contributed by atoms with Crippen LogP contribution >= 0.6 is 0 Å². The molecule has 1 aromatic carbocycles. The van der Waals surface area contributed by atoms with Crippen LogP contribution in [0.25, 0.3) is 0 Å². The SMILES string of the molecule is COC(=O)c1cc([N+](=O)[O-])c(OC2(C(=O)OC)CC2)cc1F. The first-order chi connectivity index (χ1) is 10.3. The Morgan fingerprint density at radius 2 is 1.91 bits per heavy atom. The van der Waals surface area contributed by atoms with E-state index in [4.69, 9.17) is 4.74 Å². The number of halogens is 1. The molecule has 9 heteroatoms. The van der Waals surface area contributed by atoms with Crippen LogP contribution in [0.5, 0.6) is 5.75 Å². The Bertz CT molecular complexity index is 654. The zero-order valence-corrected chi connectivity index (χ0v) is 11.8. The van der Waals surface area contributed by atoms with Crippen LogP contribution in [-0.2, 0) is 14.3 Å². The Hall–Kier alpha value is -2.71. The molecule has 22 heavy (non-hydrogen) atoms. The van der Waals surface area contributed by atoms with Crippen molar-refractivity contribution in [2.24, 2.45) is 0 Å².